The monoisotopic (exact) mass is 264 g/mol. The third-order valence-electron chi connectivity index (χ3n) is 2.27. The Hall–Kier alpha value is -2.09. The zero-order valence-corrected chi connectivity index (χ0v) is 11.2. The zero-order valence-electron chi connectivity index (χ0n) is 11.2. The van der Waals surface area contributed by atoms with Gasteiger partial charge in [-0.25, -0.2) is 9.18 Å². The largest absolute Gasteiger partial charge is 0.444 e. The van der Waals surface area contributed by atoms with Gasteiger partial charge in [-0.3, -0.25) is 0 Å². The molecule has 0 saturated carbocycles. The first-order chi connectivity index (χ1) is 8.83. The molecule has 0 aromatic heterocycles. The van der Waals surface area contributed by atoms with Crippen LogP contribution >= 0.6 is 0 Å². The van der Waals surface area contributed by atoms with E-state index in [0.29, 0.717) is 0 Å². The number of amides is 1. The van der Waals surface area contributed by atoms with E-state index in [1.165, 1.54) is 12.1 Å². The van der Waals surface area contributed by atoms with Gasteiger partial charge in [-0.1, -0.05) is 18.2 Å². The molecular formula is C14H17FN2O2. The Kier molecular flexibility index (Phi) is 4.87. The highest BCUT2D eigenvalue weighted by Gasteiger charge is 2.22. The van der Waals surface area contributed by atoms with Crippen LogP contribution < -0.4 is 5.32 Å². The number of carbonyl (C=O) groups excluding carboxylic acids is 1. The molecule has 0 aliphatic heterocycles. The molecule has 1 unspecified atom stereocenters. The molecule has 102 valence electrons. The van der Waals surface area contributed by atoms with Crippen molar-refractivity contribution in [1.82, 2.24) is 5.32 Å². The molecule has 1 rings (SSSR count). The van der Waals surface area contributed by atoms with Crippen molar-refractivity contribution in [2.45, 2.75) is 38.8 Å². The summed E-state index contributed by atoms with van der Waals surface area (Å²) in [6.07, 6.45) is -0.698. The number of rotatable bonds is 3. The first kappa shape index (κ1) is 15.0. The maximum Gasteiger partial charge on any atom is 0.408 e. The highest BCUT2D eigenvalue weighted by molar-refractivity contribution is 5.68. The number of alkyl carbamates (subject to hydrolysis) is 1. The lowest BCUT2D eigenvalue weighted by Crippen LogP contribution is -2.35. The van der Waals surface area contributed by atoms with Crippen LogP contribution in [-0.4, -0.2) is 11.7 Å². The highest BCUT2D eigenvalue weighted by atomic mass is 19.1. The molecule has 0 bridgehead atoms. The molecule has 0 fully saturated rings. The second kappa shape index (κ2) is 6.19. The molecule has 4 nitrogen and oxygen atoms in total. The molecule has 1 aromatic rings. The van der Waals surface area contributed by atoms with Crippen LogP contribution in [0.25, 0.3) is 0 Å². The van der Waals surface area contributed by atoms with Gasteiger partial charge in [0.05, 0.1) is 18.5 Å². The van der Waals surface area contributed by atoms with Gasteiger partial charge in [0.1, 0.15) is 11.4 Å². The molecule has 19 heavy (non-hydrogen) atoms. The van der Waals surface area contributed by atoms with Gasteiger partial charge < -0.3 is 10.1 Å². The lowest BCUT2D eigenvalue weighted by molar-refractivity contribution is 0.0504. The second-order valence-electron chi connectivity index (χ2n) is 5.08. The van der Waals surface area contributed by atoms with Crippen LogP contribution in [0.15, 0.2) is 24.3 Å². The summed E-state index contributed by atoms with van der Waals surface area (Å²) >= 11 is 0. The molecule has 0 aliphatic carbocycles. The van der Waals surface area contributed by atoms with Crippen molar-refractivity contribution in [2.75, 3.05) is 0 Å². The first-order valence-corrected chi connectivity index (χ1v) is 5.94. The Morgan fingerprint density at radius 1 is 1.47 bits per heavy atom. The fourth-order valence-corrected chi connectivity index (χ4v) is 1.54. The molecule has 1 aromatic carbocycles. The van der Waals surface area contributed by atoms with E-state index in [2.05, 4.69) is 5.32 Å². The maximum absolute atomic E-state index is 13.6. The quantitative estimate of drug-likeness (QED) is 0.911. The summed E-state index contributed by atoms with van der Waals surface area (Å²) in [4.78, 5) is 11.7. The number of hydrogen-bond acceptors (Lipinski definition) is 3. The zero-order chi connectivity index (χ0) is 14.5. The predicted molar refractivity (Wildman–Crippen MR) is 68.7 cm³/mol. The van der Waals surface area contributed by atoms with Crippen molar-refractivity contribution in [3.05, 3.63) is 35.6 Å². The SMILES string of the molecule is CC(C)(C)OC(=O)NC(CC#N)c1ccccc1F. The van der Waals surface area contributed by atoms with E-state index < -0.39 is 23.6 Å². The van der Waals surface area contributed by atoms with Crippen LogP contribution in [0.1, 0.15) is 38.8 Å². The number of halogens is 1. The average molecular weight is 264 g/mol. The number of hydrogen-bond donors (Lipinski definition) is 1. The Bertz CT molecular complexity index is 489. The predicted octanol–water partition coefficient (Wildman–Crippen LogP) is 3.31. The van der Waals surface area contributed by atoms with Crippen LogP contribution in [0.5, 0.6) is 0 Å². The van der Waals surface area contributed by atoms with E-state index in [-0.39, 0.29) is 12.0 Å². The number of nitrogens with one attached hydrogen (secondary N) is 1. The summed E-state index contributed by atoms with van der Waals surface area (Å²) in [5.74, 6) is -0.459. The molecule has 0 spiro atoms. The van der Waals surface area contributed by atoms with E-state index in [0.717, 1.165) is 0 Å². The molecule has 1 atom stereocenters. The van der Waals surface area contributed by atoms with Gasteiger partial charge in [-0.2, -0.15) is 5.26 Å². The fourth-order valence-electron chi connectivity index (χ4n) is 1.54. The Morgan fingerprint density at radius 2 is 2.11 bits per heavy atom. The van der Waals surface area contributed by atoms with Gasteiger partial charge in [0, 0.05) is 5.56 Å². The molecule has 0 aliphatic rings. The first-order valence-electron chi connectivity index (χ1n) is 5.94. The summed E-state index contributed by atoms with van der Waals surface area (Å²) in [5, 5.41) is 11.3. The number of carbonyl (C=O) groups is 1. The normalized spacial score (nSPS) is 12.4. The minimum absolute atomic E-state index is 0.0276. The lowest BCUT2D eigenvalue weighted by atomic mass is 10.0. The number of benzene rings is 1. The molecule has 0 heterocycles. The van der Waals surface area contributed by atoms with E-state index in [9.17, 15) is 9.18 Å². The van der Waals surface area contributed by atoms with Crippen LogP contribution in [-0.2, 0) is 4.74 Å². The minimum Gasteiger partial charge on any atom is -0.444 e. The van der Waals surface area contributed by atoms with Crippen molar-refractivity contribution in [2.24, 2.45) is 0 Å². The van der Waals surface area contributed by atoms with Gasteiger partial charge >= 0.3 is 6.09 Å². The molecule has 0 radical (unpaired) electrons. The molecule has 5 heteroatoms. The van der Waals surface area contributed by atoms with Gasteiger partial charge in [0.15, 0.2) is 0 Å². The van der Waals surface area contributed by atoms with Gasteiger partial charge in [0.25, 0.3) is 0 Å². The van der Waals surface area contributed by atoms with Crippen molar-refractivity contribution in [1.29, 1.82) is 5.26 Å². The van der Waals surface area contributed by atoms with E-state index in [4.69, 9.17) is 10.00 Å². The van der Waals surface area contributed by atoms with Crippen LogP contribution in [0.4, 0.5) is 9.18 Å². The van der Waals surface area contributed by atoms with Crippen LogP contribution in [0.3, 0.4) is 0 Å². The minimum atomic E-state index is -0.721. The number of ether oxygens (including phenoxy) is 1. The molecule has 1 amide bonds. The lowest BCUT2D eigenvalue weighted by Gasteiger charge is -2.23. The number of nitriles is 1. The van der Waals surface area contributed by atoms with Crippen molar-refractivity contribution < 1.29 is 13.9 Å². The van der Waals surface area contributed by atoms with Crippen molar-refractivity contribution in [3.63, 3.8) is 0 Å². The van der Waals surface area contributed by atoms with Crippen molar-refractivity contribution >= 4 is 6.09 Å². The van der Waals surface area contributed by atoms with Gasteiger partial charge in [-0.15, -0.1) is 0 Å². The average Bonchev–Trinajstić information content (AvgIpc) is 2.26. The fraction of sp³-hybridized carbons (Fsp3) is 0.429. The highest BCUT2D eigenvalue weighted by Crippen LogP contribution is 2.20. The topological polar surface area (TPSA) is 62.1 Å². The smallest absolute Gasteiger partial charge is 0.408 e. The van der Waals surface area contributed by atoms with Crippen LogP contribution in [0.2, 0.25) is 0 Å². The summed E-state index contributed by atoms with van der Waals surface area (Å²) in [5.41, 5.74) is -0.369. The van der Waals surface area contributed by atoms with Crippen LogP contribution in [0, 0.1) is 17.1 Å². The van der Waals surface area contributed by atoms with E-state index >= 15 is 0 Å². The standard InChI is InChI=1S/C14H17FN2O2/c1-14(2,3)19-13(18)17-12(8-9-16)10-6-4-5-7-11(10)15/h4-7,12H,8H2,1-3H3,(H,17,18). The molecular weight excluding hydrogens is 247 g/mol. The molecule has 0 saturated heterocycles. The summed E-state index contributed by atoms with van der Waals surface area (Å²) in [6, 6.07) is 7.23. The number of nitrogens with zero attached hydrogens (tertiary/aromatic N) is 1. The summed E-state index contributed by atoms with van der Waals surface area (Å²) < 4.78 is 18.7. The Morgan fingerprint density at radius 3 is 2.63 bits per heavy atom. The van der Waals surface area contributed by atoms with Gasteiger partial charge in [-0.05, 0) is 26.8 Å². The van der Waals surface area contributed by atoms with E-state index in [1.54, 1.807) is 32.9 Å². The summed E-state index contributed by atoms with van der Waals surface area (Å²) in [6.45, 7) is 5.19. The second-order valence-corrected chi connectivity index (χ2v) is 5.08. The molecule has 1 N–H and O–H groups in total. The maximum atomic E-state index is 13.6. The van der Waals surface area contributed by atoms with Gasteiger partial charge in [0.2, 0.25) is 0 Å². The third kappa shape index (κ3) is 4.96. The van der Waals surface area contributed by atoms with E-state index in [1.807, 2.05) is 6.07 Å². The third-order valence-corrected chi connectivity index (χ3v) is 2.27. The summed E-state index contributed by atoms with van der Waals surface area (Å²) in [7, 11) is 0. The Balaban J connectivity index is 2.83. The Labute approximate surface area is 112 Å². The van der Waals surface area contributed by atoms with Crippen molar-refractivity contribution in [3.8, 4) is 6.07 Å².